The number of aryl methyl sites for hydroxylation is 2. The van der Waals surface area contributed by atoms with Gasteiger partial charge >= 0.3 is 0 Å². The van der Waals surface area contributed by atoms with Gasteiger partial charge in [-0.05, 0) is 24.6 Å². The standard InChI is InChI=1S/C17H17N3O2S3/c1-2-12-7-8-16(24-12)25(21,22)19-14-6-4-3-5-13(14)15-11-20-9-10-23-17(20)18-15/h3-8,11,19H,2,9-10H2,1H3. The first kappa shape index (κ1) is 16.7. The van der Waals surface area contributed by atoms with Crippen molar-refractivity contribution in [1.29, 1.82) is 0 Å². The third-order valence-electron chi connectivity index (χ3n) is 4.00. The molecule has 3 heterocycles. The first-order valence-electron chi connectivity index (χ1n) is 7.98. The topological polar surface area (TPSA) is 64.0 Å². The third-order valence-corrected chi connectivity index (χ3v) is 8.06. The number of hydrogen-bond donors (Lipinski definition) is 1. The van der Waals surface area contributed by atoms with Crippen molar-refractivity contribution in [3.05, 3.63) is 47.5 Å². The molecule has 3 aromatic rings. The summed E-state index contributed by atoms with van der Waals surface area (Å²) in [6.45, 7) is 2.96. The monoisotopic (exact) mass is 391 g/mol. The van der Waals surface area contributed by atoms with Crippen molar-refractivity contribution in [2.45, 2.75) is 29.3 Å². The van der Waals surface area contributed by atoms with Crippen molar-refractivity contribution < 1.29 is 8.42 Å². The second kappa shape index (κ2) is 6.51. The summed E-state index contributed by atoms with van der Waals surface area (Å²) < 4.78 is 30.6. The zero-order valence-electron chi connectivity index (χ0n) is 13.6. The number of thioether (sulfide) groups is 1. The van der Waals surface area contributed by atoms with Crippen LogP contribution in [0.3, 0.4) is 0 Å². The Bertz CT molecular complexity index is 1000. The van der Waals surface area contributed by atoms with Crippen LogP contribution in [0.1, 0.15) is 11.8 Å². The molecule has 1 aliphatic rings. The maximum atomic E-state index is 12.7. The molecule has 0 bridgehead atoms. The molecule has 1 aliphatic heterocycles. The van der Waals surface area contributed by atoms with E-state index in [1.165, 1.54) is 11.3 Å². The molecule has 1 N–H and O–H groups in total. The second-order valence-electron chi connectivity index (χ2n) is 5.68. The van der Waals surface area contributed by atoms with Gasteiger partial charge in [0.1, 0.15) is 4.21 Å². The van der Waals surface area contributed by atoms with E-state index in [1.54, 1.807) is 23.9 Å². The maximum Gasteiger partial charge on any atom is 0.271 e. The van der Waals surface area contributed by atoms with Gasteiger partial charge in [0.2, 0.25) is 0 Å². The fraction of sp³-hybridized carbons (Fsp3) is 0.235. The number of aromatic nitrogens is 2. The summed E-state index contributed by atoms with van der Waals surface area (Å²) >= 11 is 3.03. The highest BCUT2D eigenvalue weighted by Crippen LogP contribution is 2.34. The summed E-state index contributed by atoms with van der Waals surface area (Å²) in [4.78, 5) is 5.69. The van der Waals surface area contributed by atoms with Crippen molar-refractivity contribution in [2.75, 3.05) is 10.5 Å². The maximum absolute atomic E-state index is 12.7. The van der Waals surface area contributed by atoms with Crippen LogP contribution in [0.15, 0.2) is 52.0 Å². The SMILES string of the molecule is CCc1ccc(S(=O)(=O)Nc2ccccc2-c2cn3c(n2)SCC3)s1. The third kappa shape index (κ3) is 3.21. The number of benzene rings is 1. The number of rotatable bonds is 5. The van der Waals surface area contributed by atoms with Gasteiger partial charge in [-0.3, -0.25) is 4.72 Å². The van der Waals surface area contributed by atoms with E-state index < -0.39 is 10.0 Å². The van der Waals surface area contributed by atoms with Gasteiger partial charge in [0.05, 0.1) is 11.4 Å². The molecule has 0 unspecified atom stereocenters. The molecule has 2 aromatic heterocycles. The molecule has 0 fully saturated rings. The molecule has 5 nitrogen and oxygen atoms in total. The molecule has 25 heavy (non-hydrogen) atoms. The number of sulfonamides is 1. The average molecular weight is 392 g/mol. The minimum absolute atomic E-state index is 0.335. The summed E-state index contributed by atoms with van der Waals surface area (Å²) in [7, 11) is -3.60. The molecule has 8 heteroatoms. The van der Waals surface area contributed by atoms with E-state index >= 15 is 0 Å². The highest BCUT2D eigenvalue weighted by Gasteiger charge is 2.21. The van der Waals surface area contributed by atoms with Gasteiger partial charge in [0, 0.05) is 28.9 Å². The van der Waals surface area contributed by atoms with E-state index in [0.717, 1.165) is 40.0 Å². The van der Waals surface area contributed by atoms with E-state index in [-0.39, 0.29) is 0 Å². The predicted octanol–water partition coefficient (Wildman–Crippen LogP) is 4.08. The first-order chi connectivity index (χ1) is 12.1. The van der Waals surface area contributed by atoms with Crippen LogP contribution in [0, 0.1) is 0 Å². The molecule has 0 radical (unpaired) electrons. The molecule has 0 saturated carbocycles. The summed E-state index contributed by atoms with van der Waals surface area (Å²) in [6, 6.07) is 10.9. The Morgan fingerprint density at radius 1 is 1.24 bits per heavy atom. The summed E-state index contributed by atoms with van der Waals surface area (Å²) in [5, 5.41) is 0.985. The van der Waals surface area contributed by atoms with Crippen LogP contribution in [-0.2, 0) is 23.0 Å². The minimum Gasteiger partial charge on any atom is -0.325 e. The van der Waals surface area contributed by atoms with Gasteiger partial charge in [-0.1, -0.05) is 36.9 Å². The number of thiophene rings is 1. The molecular weight excluding hydrogens is 374 g/mol. The summed E-state index contributed by atoms with van der Waals surface area (Å²) in [5.74, 6) is 1.04. The fourth-order valence-corrected chi connectivity index (χ4v) is 6.04. The van der Waals surface area contributed by atoms with Crippen molar-refractivity contribution in [3.8, 4) is 11.3 Å². The van der Waals surface area contributed by atoms with E-state index in [0.29, 0.717) is 9.90 Å². The lowest BCUT2D eigenvalue weighted by molar-refractivity contribution is 0.603. The Labute approximate surface area is 155 Å². The van der Waals surface area contributed by atoms with E-state index in [4.69, 9.17) is 0 Å². The lowest BCUT2D eigenvalue weighted by Gasteiger charge is -2.10. The average Bonchev–Trinajstić information content (AvgIpc) is 3.30. The van der Waals surface area contributed by atoms with Gasteiger partial charge in [0.25, 0.3) is 10.0 Å². The van der Waals surface area contributed by atoms with Gasteiger partial charge in [0.15, 0.2) is 5.16 Å². The Morgan fingerprint density at radius 2 is 2.08 bits per heavy atom. The molecule has 0 saturated heterocycles. The largest absolute Gasteiger partial charge is 0.325 e. The number of imidazole rings is 1. The zero-order chi connectivity index (χ0) is 17.4. The number of anilines is 1. The van der Waals surface area contributed by atoms with Crippen molar-refractivity contribution in [1.82, 2.24) is 9.55 Å². The Morgan fingerprint density at radius 3 is 2.84 bits per heavy atom. The van der Waals surface area contributed by atoms with Crippen molar-refractivity contribution in [3.63, 3.8) is 0 Å². The number of hydrogen-bond acceptors (Lipinski definition) is 5. The Hall–Kier alpha value is -1.77. The first-order valence-corrected chi connectivity index (χ1v) is 11.3. The summed E-state index contributed by atoms with van der Waals surface area (Å²) in [6.07, 6.45) is 2.82. The highest BCUT2D eigenvalue weighted by atomic mass is 32.2. The molecular formula is C17H17N3O2S3. The molecule has 0 spiro atoms. The number of para-hydroxylation sites is 1. The number of fused-ring (bicyclic) bond motifs is 1. The highest BCUT2D eigenvalue weighted by molar-refractivity contribution is 7.99. The van der Waals surface area contributed by atoms with Crippen LogP contribution in [0.2, 0.25) is 0 Å². The normalized spacial score (nSPS) is 13.8. The van der Waals surface area contributed by atoms with E-state index in [1.807, 2.05) is 37.4 Å². The van der Waals surface area contributed by atoms with Crippen LogP contribution in [0.25, 0.3) is 11.3 Å². The van der Waals surface area contributed by atoms with Gasteiger partial charge in [-0.25, -0.2) is 13.4 Å². The fourth-order valence-electron chi connectivity index (χ4n) is 2.72. The quantitative estimate of drug-likeness (QED) is 0.712. The van der Waals surface area contributed by atoms with Crippen LogP contribution in [-0.4, -0.2) is 23.7 Å². The minimum atomic E-state index is -3.60. The lowest BCUT2D eigenvalue weighted by Crippen LogP contribution is -2.12. The Balaban J connectivity index is 1.69. The van der Waals surface area contributed by atoms with Crippen LogP contribution < -0.4 is 4.72 Å². The van der Waals surface area contributed by atoms with Crippen molar-refractivity contribution >= 4 is 38.8 Å². The zero-order valence-corrected chi connectivity index (χ0v) is 16.0. The van der Waals surface area contributed by atoms with Crippen LogP contribution >= 0.6 is 23.1 Å². The van der Waals surface area contributed by atoms with E-state index in [2.05, 4.69) is 14.3 Å². The number of nitrogens with zero attached hydrogens (tertiary/aromatic N) is 2. The van der Waals surface area contributed by atoms with Crippen LogP contribution in [0.4, 0.5) is 5.69 Å². The Kier molecular flexibility index (Phi) is 4.35. The van der Waals surface area contributed by atoms with Crippen LogP contribution in [0.5, 0.6) is 0 Å². The van der Waals surface area contributed by atoms with Crippen molar-refractivity contribution in [2.24, 2.45) is 0 Å². The molecule has 1 aromatic carbocycles. The molecule has 0 aliphatic carbocycles. The molecule has 0 amide bonds. The molecule has 130 valence electrons. The number of nitrogens with one attached hydrogen (secondary N) is 1. The second-order valence-corrected chi connectivity index (χ2v) is 9.82. The van der Waals surface area contributed by atoms with E-state index in [9.17, 15) is 8.42 Å². The molecule has 0 atom stereocenters. The van der Waals surface area contributed by atoms with Gasteiger partial charge in [-0.15, -0.1) is 11.3 Å². The van der Waals surface area contributed by atoms with Gasteiger partial charge in [-0.2, -0.15) is 0 Å². The lowest BCUT2D eigenvalue weighted by atomic mass is 10.1. The predicted molar refractivity (Wildman–Crippen MR) is 103 cm³/mol. The van der Waals surface area contributed by atoms with Gasteiger partial charge < -0.3 is 4.57 Å². The summed E-state index contributed by atoms with van der Waals surface area (Å²) in [5.41, 5.74) is 2.14. The molecule has 4 rings (SSSR count). The smallest absolute Gasteiger partial charge is 0.271 e.